The van der Waals surface area contributed by atoms with Crippen LogP contribution in [-0.2, 0) is 0 Å². The van der Waals surface area contributed by atoms with Crippen LogP contribution in [0.1, 0.15) is 0 Å². The molecule has 0 radical (unpaired) electrons. The number of rotatable bonds is 1. The lowest BCUT2D eigenvalue weighted by atomic mass is 26.7. The Balaban J connectivity index is 4.02. The molecule has 0 aliphatic carbocycles. The van der Waals surface area contributed by atoms with E-state index in [1.54, 1.807) is 0 Å². The molecule has 0 atom stereocenters. The topological polar surface area (TPSA) is 0 Å². The zero-order chi connectivity index (χ0) is 7.00. The van der Waals surface area contributed by atoms with Crippen molar-refractivity contribution in [2.75, 3.05) is 0 Å². The molecule has 8 heavy (non-hydrogen) atoms. The van der Waals surface area contributed by atoms with Gasteiger partial charge in [0.25, 0.3) is 0 Å². The molecular formula is H2Cl4S2Si2. The largest absolute Gasteiger partial charge is 0.364 e. The van der Waals surface area contributed by atoms with Crippen molar-refractivity contribution in [2.24, 2.45) is 0 Å². The SMILES string of the molecule is S[Si](S)(Cl)[Si](Cl)(Cl)Cl. The molecule has 0 aromatic heterocycles. The van der Waals surface area contributed by atoms with E-state index in [1.807, 2.05) is 0 Å². The Morgan fingerprint density at radius 3 is 1.00 bits per heavy atom. The van der Waals surface area contributed by atoms with E-state index in [2.05, 4.69) is 24.2 Å². The molecule has 0 N–H and O–H groups in total. The van der Waals surface area contributed by atoms with E-state index < -0.39 is 10.7 Å². The van der Waals surface area contributed by atoms with Crippen LogP contribution in [0.15, 0.2) is 0 Å². The summed E-state index contributed by atoms with van der Waals surface area (Å²) in [4.78, 5) is 0. The van der Waals surface area contributed by atoms with Crippen molar-refractivity contribution in [1.82, 2.24) is 0 Å². The van der Waals surface area contributed by atoms with Gasteiger partial charge in [0.1, 0.15) is 0 Å². The minimum atomic E-state index is -2.81. The van der Waals surface area contributed by atoms with E-state index in [4.69, 9.17) is 44.3 Å². The Morgan fingerprint density at radius 2 is 1.00 bits per heavy atom. The quantitative estimate of drug-likeness (QED) is 0.406. The minimum Gasteiger partial charge on any atom is -0.175 e. The number of hydrogen-bond acceptors (Lipinski definition) is 2. The summed E-state index contributed by atoms with van der Waals surface area (Å²) in [5.41, 5.74) is -2.81. The lowest BCUT2D eigenvalue weighted by Crippen LogP contribution is -2.37. The van der Waals surface area contributed by atoms with Gasteiger partial charge in [-0.2, -0.15) is 24.2 Å². The average Bonchev–Trinajstić information content (AvgIpc) is 1.25. The van der Waals surface area contributed by atoms with Crippen molar-refractivity contribution in [3.63, 3.8) is 0 Å². The highest BCUT2D eigenvalue weighted by atomic mass is 35.9. The van der Waals surface area contributed by atoms with Crippen LogP contribution in [0.4, 0.5) is 0 Å². The fourth-order valence-corrected chi connectivity index (χ4v) is 0. The summed E-state index contributed by atoms with van der Waals surface area (Å²) >= 11 is 29.6. The molecule has 0 saturated carbocycles. The first-order chi connectivity index (χ1) is 3.25. The Morgan fingerprint density at radius 1 is 0.875 bits per heavy atom. The summed E-state index contributed by atoms with van der Waals surface area (Å²) < 4.78 is 0. The second-order valence-electron chi connectivity index (χ2n) is 1.08. The number of thiol groups is 2. The van der Waals surface area contributed by atoms with E-state index in [-0.39, 0.29) is 0 Å². The van der Waals surface area contributed by atoms with Gasteiger partial charge < -0.3 is 0 Å². The number of hydrogen-bond donors (Lipinski definition) is 2. The van der Waals surface area contributed by atoms with Crippen LogP contribution in [0.3, 0.4) is 0 Å². The zero-order valence-corrected chi connectivity index (χ0v) is 10.2. The predicted octanol–water partition coefficient (Wildman–Crippen LogP) is 2.76. The van der Waals surface area contributed by atoms with Crippen LogP contribution < -0.4 is 0 Å². The molecule has 0 amide bonds. The minimum absolute atomic E-state index is 2.56. The van der Waals surface area contributed by atoms with Gasteiger partial charge in [-0.25, -0.2) is 0 Å². The van der Waals surface area contributed by atoms with Crippen LogP contribution in [0.2, 0.25) is 0 Å². The highest BCUT2D eigenvalue weighted by Crippen LogP contribution is 2.38. The van der Waals surface area contributed by atoms with Crippen molar-refractivity contribution in [1.29, 1.82) is 0 Å². The van der Waals surface area contributed by atoms with Crippen molar-refractivity contribution >= 4 is 79.2 Å². The summed E-state index contributed by atoms with van der Waals surface area (Å²) in [6.07, 6.45) is 0. The summed E-state index contributed by atoms with van der Waals surface area (Å²) in [7, 11) is 0. The van der Waals surface area contributed by atoms with Crippen LogP contribution in [0, 0.1) is 0 Å². The third-order valence-electron chi connectivity index (χ3n) is 0.361. The molecule has 50 valence electrons. The molecule has 0 heterocycles. The van der Waals surface area contributed by atoms with Gasteiger partial charge in [0.15, 0.2) is 0 Å². The monoisotopic (exact) mass is 262 g/mol. The van der Waals surface area contributed by atoms with Crippen LogP contribution >= 0.6 is 68.5 Å². The Bertz CT molecular complexity index is 67.0. The van der Waals surface area contributed by atoms with Gasteiger partial charge in [-0.1, -0.05) is 0 Å². The highest BCUT2D eigenvalue weighted by molar-refractivity contribution is 8.62. The fraction of sp³-hybridized carbons (Fsp3) is 0. The van der Waals surface area contributed by atoms with Crippen molar-refractivity contribution in [2.45, 2.75) is 0 Å². The smallest absolute Gasteiger partial charge is 0.175 e. The van der Waals surface area contributed by atoms with Gasteiger partial charge in [-0.15, -0.1) is 44.3 Å². The molecule has 0 aromatic carbocycles. The summed E-state index contributed by atoms with van der Waals surface area (Å²) in [6, 6.07) is 0. The van der Waals surface area contributed by atoms with Crippen molar-refractivity contribution in [3.8, 4) is 0 Å². The molecule has 0 rings (SSSR count). The molecule has 0 saturated heterocycles. The number of halogens is 4. The summed E-state index contributed by atoms with van der Waals surface area (Å²) in [6.45, 7) is 0. The third-order valence-corrected chi connectivity index (χ3v) is 29.2. The first-order valence-corrected chi connectivity index (χ1v) is 13.1. The maximum Gasteiger partial charge on any atom is 0.364 e. The second-order valence-corrected chi connectivity index (χ2v) is 29.3. The molecule has 8 heteroatoms. The van der Waals surface area contributed by atoms with Gasteiger partial charge in [0, 0.05) is 0 Å². The highest BCUT2D eigenvalue weighted by Gasteiger charge is 2.48. The Labute approximate surface area is 78.6 Å². The standard InChI is InChI=1S/Cl4H2S2Si2/c1-7(2,3)8(4,5)6/h5-6H. The van der Waals surface area contributed by atoms with Crippen molar-refractivity contribution < 1.29 is 0 Å². The van der Waals surface area contributed by atoms with Crippen LogP contribution in [-0.4, -0.2) is 10.7 Å². The van der Waals surface area contributed by atoms with Crippen LogP contribution in [0.5, 0.6) is 0 Å². The normalized spacial score (nSPS) is 14.2. The van der Waals surface area contributed by atoms with Gasteiger partial charge in [-0.3, -0.25) is 0 Å². The first-order valence-electron chi connectivity index (χ1n) is 1.45. The average molecular weight is 264 g/mol. The van der Waals surface area contributed by atoms with E-state index in [9.17, 15) is 0 Å². The molecule has 0 unspecified atom stereocenters. The molecular weight excluding hydrogens is 262 g/mol. The lowest BCUT2D eigenvalue weighted by Gasteiger charge is -2.16. The molecule has 0 aromatic rings. The lowest BCUT2D eigenvalue weighted by molar-refractivity contribution is 3.60. The van der Waals surface area contributed by atoms with E-state index in [0.29, 0.717) is 0 Å². The summed E-state index contributed by atoms with van der Waals surface area (Å²) in [5, 5.41) is -2.56. The van der Waals surface area contributed by atoms with Gasteiger partial charge >= 0.3 is 10.7 Å². The van der Waals surface area contributed by atoms with Gasteiger partial charge in [0.2, 0.25) is 0 Å². The summed E-state index contributed by atoms with van der Waals surface area (Å²) in [5.74, 6) is 0. The van der Waals surface area contributed by atoms with Gasteiger partial charge in [-0.05, 0) is 0 Å². The molecule has 0 spiro atoms. The zero-order valence-electron chi connectivity index (χ0n) is 3.41. The first kappa shape index (κ1) is 10.3. The maximum atomic E-state index is 5.54. The van der Waals surface area contributed by atoms with Gasteiger partial charge in [0.05, 0.1) is 0 Å². The van der Waals surface area contributed by atoms with E-state index >= 15 is 0 Å². The molecule has 0 aliphatic heterocycles. The molecule has 0 fully saturated rings. The second kappa shape index (κ2) is 3.13. The van der Waals surface area contributed by atoms with Crippen LogP contribution in [0.25, 0.3) is 0 Å². The third kappa shape index (κ3) is 3.46. The Hall–Kier alpha value is 2.29. The molecule has 0 aliphatic rings. The van der Waals surface area contributed by atoms with Crippen molar-refractivity contribution in [3.05, 3.63) is 0 Å². The maximum absolute atomic E-state index is 5.54. The predicted molar refractivity (Wildman–Crippen MR) is 52.9 cm³/mol. The molecule has 0 nitrogen and oxygen atoms in total. The van der Waals surface area contributed by atoms with E-state index in [0.717, 1.165) is 0 Å². The molecule has 0 bridgehead atoms. The fourth-order valence-electron chi connectivity index (χ4n) is 0. The van der Waals surface area contributed by atoms with E-state index in [1.165, 1.54) is 0 Å². The Kier molecular flexibility index (Phi) is 4.03.